The molecule has 0 saturated carbocycles. The van der Waals surface area contributed by atoms with Gasteiger partial charge in [0.15, 0.2) is 0 Å². The van der Waals surface area contributed by atoms with Crippen LogP contribution in [0, 0.1) is 5.41 Å². The zero-order valence-electron chi connectivity index (χ0n) is 12.8. The van der Waals surface area contributed by atoms with Gasteiger partial charge in [-0.2, -0.15) is 0 Å². The monoisotopic (exact) mass is 279 g/mol. The van der Waals surface area contributed by atoms with Crippen LogP contribution in [-0.4, -0.2) is 48.1 Å². The average Bonchev–Trinajstić information content (AvgIpc) is 2.42. The molecule has 0 fully saturated rings. The van der Waals surface area contributed by atoms with Crippen LogP contribution in [0.1, 0.15) is 37.2 Å². The molecule has 5 nitrogen and oxygen atoms in total. The summed E-state index contributed by atoms with van der Waals surface area (Å²) in [5.74, 6) is -0.104. The Morgan fingerprint density at radius 1 is 1.45 bits per heavy atom. The van der Waals surface area contributed by atoms with Crippen LogP contribution < -0.4 is 5.32 Å². The summed E-state index contributed by atoms with van der Waals surface area (Å²) < 4.78 is 0. The minimum atomic E-state index is -0.104. The molecule has 0 spiro atoms. The van der Waals surface area contributed by atoms with Crippen LogP contribution in [0.4, 0.5) is 5.69 Å². The molecule has 1 heterocycles. The highest BCUT2D eigenvalue weighted by Gasteiger charge is 2.17. The standard InChI is InChI=1S/C15H25N3O2/c1-15(2,7-5-9-19)11-17-12-6-8-16-13(10-12)14(20)18(3)4/h6,8,10,19H,5,7,9,11H2,1-4H3,(H,16,17). The van der Waals surface area contributed by atoms with Gasteiger partial charge >= 0.3 is 0 Å². The SMILES string of the molecule is CN(C)C(=O)c1cc(NCC(C)(C)CCCO)ccn1. The van der Waals surface area contributed by atoms with Crippen LogP contribution >= 0.6 is 0 Å². The molecule has 0 radical (unpaired) electrons. The Balaban J connectivity index is 2.65. The molecule has 1 aromatic rings. The lowest BCUT2D eigenvalue weighted by Crippen LogP contribution is -2.25. The van der Waals surface area contributed by atoms with E-state index in [4.69, 9.17) is 5.11 Å². The number of anilines is 1. The molecule has 0 aliphatic rings. The minimum Gasteiger partial charge on any atom is -0.396 e. The molecule has 0 aromatic carbocycles. The molecule has 0 bridgehead atoms. The van der Waals surface area contributed by atoms with E-state index in [9.17, 15) is 4.79 Å². The Bertz CT molecular complexity index is 444. The minimum absolute atomic E-state index is 0.0950. The summed E-state index contributed by atoms with van der Waals surface area (Å²) in [6.07, 6.45) is 3.39. The van der Waals surface area contributed by atoms with Crippen molar-refractivity contribution in [1.29, 1.82) is 0 Å². The Labute approximate surface area is 121 Å². The van der Waals surface area contributed by atoms with Crippen molar-refractivity contribution in [3.8, 4) is 0 Å². The molecule has 1 aromatic heterocycles. The van der Waals surface area contributed by atoms with Gasteiger partial charge in [0.05, 0.1) is 0 Å². The zero-order valence-corrected chi connectivity index (χ0v) is 12.8. The highest BCUT2D eigenvalue weighted by atomic mass is 16.2. The van der Waals surface area contributed by atoms with Crippen molar-refractivity contribution >= 4 is 11.6 Å². The fourth-order valence-electron chi connectivity index (χ4n) is 1.87. The van der Waals surface area contributed by atoms with Crippen molar-refractivity contribution in [1.82, 2.24) is 9.88 Å². The largest absolute Gasteiger partial charge is 0.396 e. The predicted octanol–water partition coefficient (Wildman–Crippen LogP) is 1.99. The number of pyridine rings is 1. The Morgan fingerprint density at radius 2 is 2.15 bits per heavy atom. The van der Waals surface area contributed by atoms with Gasteiger partial charge in [0.2, 0.25) is 0 Å². The van der Waals surface area contributed by atoms with E-state index in [-0.39, 0.29) is 17.9 Å². The van der Waals surface area contributed by atoms with Crippen molar-refractivity contribution in [3.63, 3.8) is 0 Å². The first kappa shape index (κ1) is 16.4. The molecule has 20 heavy (non-hydrogen) atoms. The molecule has 0 atom stereocenters. The molecule has 1 rings (SSSR count). The van der Waals surface area contributed by atoms with Crippen molar-refractivity contribution in [2.24, 2.45) is 5.41 Å². The van der Waals surface area contributed by atoms with E-state index in [1.165, 1.54) is 4.90 Å². The highest BCUT2D eigenvalue weighted by molar-refractivity contribution is 5.92. The van der Waals surface area contributed by atoms with Crippen LogP contribution in [0.2, 0.25) is 0 Å². The molecule has 0 aliphatic heterocycles. The lowest BCUT2D eigenvalue weighted by molar-refractivity contribution is 0.0822. The number of nitrogens with one attached hydrogen (secondary N) is 1. The maximum atomic E-state index is 11.8. The first-order valence-corrected chi connectivity index (χ1v) is 6.88. The highest BCUT2D eigenvalue weighted by Crippen LogP contribution is 2.23. The summed E-state index contributed by atoms with van der Waals surface area (Å²) in [7, 11) is 3.42. The lowest BCUT2D eigenvalue weighted by Gasteiger charge is -2.25. The van der Waals surface area contributed by atoms with Crippen molar-refractivity contribution < 1.29 is 9.90 Å². The molecule has 2 N–H and O–H groups in total. The number of nitrogens with zero attached hydrogens (tertiary/aromatic N) is 2. The van der Waals surface area contributed by atoms with Gasteiger partial charge < -0.3 is 15.3 Å². The summed E-state index contributed by atoms with van der Waals surface area (Å²) >= 11 is 0. The summed E-state index contributed by atoms with van der Waals surface area (Å²) in [6, 6.07) is 3.62. The number of aliphatic hydroxyl groups is 1. The van der Waals surface area contributed by atoms with Crippen LogP contribution in [0.5, 0.6) is 0 Å². The first-order chi connectivity index (χ1) is 9.35. The number of carbonyl (C=O) groups excluding carboxylic acids is 1. The molecule has 0 unspecified atom stereocenters. The van der Waals surface area contributed by atoms with Crippen molar-refractivity contribution in [3.05, 3.63) is 24.0 Å². The van der Waals surface area contributed by atoms with Crippen LogP contribution in [0.3, 0.4) is 0 Å². The van der Waals surface area contributed by atoms with Gasteiger partial charge in [-0.1, -0.05) is 13.8 Å². The third-order valence-electron chi connectivity index (χ3n) is 3.17. The van der Waals surface area contributed by atoms with Crippen molar-refractivity contribution in [2.75, 3.05) is 32.6 Å². The molecule has 0 saturated heterocycles. The van der Waals surface area contributed by atoms with E-state index in [2.05, 4.69) is 24.1 Å². The summed E-state index contributed by atoms with van der Waals surface area (Å²) in [5.41, 5.74) is 1.42. The third-order valence-corrected chi connectivity index (χ3v) is 3.17. The van der Waals surface area contributed by atoms with E-state index in [0.717, 1.165) is 25.1 Å². The molecule has 112 valence electrons. The van der Waals surface area contributed by atoms with E-state index < -0.39 is 0 Å². The quantitative estimate of drug-likeness (QED) is 0.801. The number of carbonyl (C=O) groups is 1. The summed E-state index contributed by atoms with van der Waals surface area (Å²) in [5, 5.41) is 12.2. The van der Waals surface area contributed by atoms with Gasteiger partial charge in [-0.3, -0.25) is 9.78 Å². The average molecular weight is 279 g/mol. The molecular formula is C15H25N3O2. The lowest BCUT2D eigenvalue weighted by atomic mass is 9.88. The fraction of sp³-hybridized carbons (Fsp3) is 0.600. The van der Waals surface area contributed by atoms with Gasteiger partial charge in [-0.05, 0) is 30.4 Å². The third kappa shape index (κ3) is 5.17. The number of hydrogen-bond acceptors (Lipinski definition) is 4. The van der Waals surface area contributed by atoms with Gasteiger partial charge in [0.25, 0.3) is 5.91 Å². The number of aliphatic hydroxyl groups excluding tert-OH is 1. The number of hydrogen-bond donors (Lipinski definition) is 2. The Morgan fingerprint density at radius 3 is 2.75 bits per heavy atom. The number of rotatable bonds is 7. The second kappa shape index (κ2) is 7.24. The van der Waals surface area contributed by atoms with Crippen LogP contribution in [-0.2, 0) is 0 Å². The topological polar surface area (TPSA) is 65.5 Å². The summed E-state index contributed by atoms with van der Waals surface area (Å²) in [4.78, 5) is 17.4. The maximum absolute atomic E-state index is 11.8. The van der Waals surface area contributed by atoms with Gasteiger partial charge in [-0.15, -0.1) is 0 Å². The van der Waals surface area contributed by atoms with Gasteiger partial charge in [0.1, 0.15) is 5.69 Å². The molecule has 5 heteroatoms. The van der Waals surface area contributed by atoms with Crippen LogP contribution in [0.25, 0.3) is 0 Å². The normalized spacial score (nSPS) is 11.2. The second-order valence-corrected chi connectivity index (χ2v) is 5.97. The first-order valence-electron chi connectivity index (χ1n) is 6.88. The number of amides is 1. The number of aromatic nitrogens is 1. The van der Waals surface area contributed by atoms with Gasteiger partial charge in [-0.25, -0.2) is 0 Å². The molecule has 0 aliphatic carbocycles. The van der Waals surface area contributed by atoms with E-state index in [0.29, 0.717) is 5.69 Å². The van der Waals surface area contributed by atoms with E-state index in [1.807, 2.05) is 6.07 Å². The van der Waals surface area contributed by atoms with E-state index in [1.54, 1.807) is 26.4 Å². The smallest absolute Gasteiger partial charge is 0.272 e. The summed E-state index contributed by atoms with van der Waals surface area (Å²) in [6.45, 7) is 5.32. The molecular weight excluding hydrogens is 254 g/mol. The predicted molar refractivity (Wildman–Crippen MR) is 80.8 cm³/mol. The molecule has 1 amide bonds. The zero-order chi connectivity index (χ0) is 15.2. The second-order valence-electron chi connectivity index (χ2n) is 5.97. The van der Waals surface area contributed by atoms with Crippen LogP contribution in [0.15, 0.2) is 18.3 Å². The van der Waals surface area contributed by atoms with Gasteiger partial charge in [0, 0.05) is 39.1 Å². The maximum Gasteiger partial charge on any atom is 0.272 e. The Hall–Kier alpha value is -1.62. The fourth-order valence-corrected chi connectivity index (χ4v) is 1.87. The van der Waals surface area contributed by atoms with E-state index >= 15 is 0 Å². The Kier molecular flexibility index (Phi) is 5.95. The van der Waals surface area contributed by atoms with Crippen molar-refractivity contribution in [2.45, 2.75) is 26.7 Å².